The van der Waals surface area contributed by atoms with Crippen LogP contribution >= 0.6 is 0 Å². The van der Waals surface area contributed by atoms with Crippen LogP contribution < -0.4 is 10.1 Å². The van der Waals surface area contributed by atoms with Gasteiger partial charge in [0, 0.05) is 18.4 Å². The predicted octanol–water partition coefficient (Wildman–Crippen LogP) is 5.37. The third kappa shape index (κ3) is 6.56. The molecule has 0 unspecified atom stereocenters. The van der Waals surface area contributed by atoms with Gasteiger partial charge in [-0.25, -0.2) is 0 Å². The maximum Gasteiger partial charge on any atom is 0.422 e. The Morgan fingerprint density at radius 1 is 1.13 bits per heavy atom. The molecule has 0 aliphatic carbocycles. The molecule has 3 rings (SSSR count). The summed E-state index contributed by atoms with van der Waals surface area (Å²) in [6.45, 7) is 2.77. The summed E-state index contributed by atoms with van der Waals surface area (Å²) in [6, 6.07) is 13.8. The van der Waals surface area contributed by atoms with E-state index in [1.165, 1.54) is 23.8 Å². The minimum absolute atomic E-state index is 0.0154. The Kier molecular flexibility index (Phi) is 6.94. The number of carbonyl (C=O) groups excluding carboxylic acids is 1. The average Bonchev–Trinajstić information content (AvgIpc) is 3.20. The van der Waals surface area contributed by atoms with Crippen molar-refractivity contribution in [3.8, 4) is 17.1 Å². The number of amides is 1. The lowest BCUT2D eigenvalue weighted by Crippen LogP contribution is -2.20. The second-order valence-electron chi connectivity index (χ2n) is 7.24. The smallest absolute Gasteiger partial charge is 0.422 e. The number of hydrogen-bond acceptors (Lipinski definition) is 5. The molecule has 0 aliphatic rings. The quantitative estimate of drug-likeness (QED) is 0.517. The molecule has 1 amide bonds. The summed E-state index contributed by atoms with van der Waals surface area (Å²) in [6.07, 6.45) is -4.27. The van der Waals surface area contributed by atoms with E-state index in [9.17, 15) is 18.0 Å². The number of alkyl halides is 3. The standard InChI is InChI=1S/C22H22F3N3O3/c1-14(2)15-7-9-16(10-8-15)21-27-20(31-28-21)12-11-19(29)26-17-5-3-4-6-18(17)30-13-22(23,24)25/h3-10,14H,11-13H2,1-2H3,(H,26,29). The van der Waals surface area contributed by atoms with Crippen LogP contribution in [-0.2, 0) is 11.2 Å². The SMILES string of the molecule is CC(C)c1ccc(-c2noc(CCC(=O)Nc3ccccc3OCC(F)(F)F)n2)cc1. The average molecular weight is 433 g/mol. The van der Waals surface area contributed by atoms with Crippen molar-refractivity contribution < 1.29 is 27.2 Å². The van der Waals surface area contributed by atoms with Crippen LogP contribution in [0.4, 0.5) is 18.9 Å². The molecular weight excluding hydrogens is 411 g/mol. The highest BCUT2D eigenvalue weighted by molar-refractivity contribution is 5.92. The molecule has 0 saturated heterocycles. The first-order valence-electron chi connectivity index (χ1n) is 9.72. The lowest BCUT2D eigenvalue weighted by atomic mass is 10.0. The van der Waals surface area contributed by atoms with Crippen LogP contribution in [0, 0.1) is 0 Å². The van der Waals surface area contributed by atoms with Crippen molar-refractivity contribution in [1.29, 1.82) is 0 Å². The van der Waals surface area contributed by atoms with Crippen molar-refractivity contribution in [2.45, 2.75) is 38.8 Å². The summed E-state index contributed by atoms with van der Waals surface area (Å²) in [5.74, 6) is 0.663. The van der Waals surface area contributed by atoms with Crippen LogP contribution in [0.15, 0.2) is 53.1 Å². The fraction of sp³-hybridized carbons (Fsp3) is 0.318. The van der Waals surface area contributed by atoms with Gasteiger partial charge >= 0.3 is 6.18 Å². The number of nitrogens with zero attached hydrogens (tertiary/aromatic N) is 2. The van der Waals surface area contributed by atoms with Gasteiger partial charge in [0.1, 0.15) is 5.75 Å². The Morgan fingerprint density at radius 2 is 1.84 bits per heavy atom. The number of halogens is 3. The zero-order valence-corrected chi connectivity index (χ0v) is 17.1. The molecule has 31 heavy (non-hydrogen) atoms. The summed E-state index contributed by atoms with van der Waals surface area (Å²) in [4.78, 5) is 16.5. The molecule has 2 aromatic carbocycles. The normalized spacial score (nSPS) is 11.5. The maximum absolute atomic E-state index is 12.4. The number of para-hydroxylation sites is 2. The Balaban J connectivity index is 1.56. The monoisotopic (exact) mass is 433 g/mol. The number of benzene rings is 2. The van der Waals surface area contributed by atoms with E-state index in [1.54, 1.807) is 6.07 Å². The first kappa shape index (κ1) is 22.3. The molecule has 9 heteroatoms. The van der Waals surface area contributed by atoms with E-state index in [0.29, 0.717) is 17.6 Å². The van der Waals surface area contributed by atoms with Crippen molar-refractivity contribution in [2.75, 3.05) is 11.9 Å². The van der Waals surface area contributed by atoms with E-state index in [0.717, 1.165) is 5.56 Å². The van der Waals surface area contributed by atoms with Crippen LogP contribution in [0.2, 0.25) is 0 Å². The molecule has 6 nitrogen and oxygen atoms in total. The van der Waals surface area contributed by atoms with Crippen molar-refractivity contribution in [3.63, 3.8) is 0 Å². The van der Waals surface area contributed by atoms with Crippen molar-refractivity contribution in [3.05, 3.63) is 60.0 Å². The zero-order valence-electron chi connectivity index (χ0n) is 17.1. The molecule has 0 saturated carbocycles. The highest BCUT2D eigenvalue weighted by atomic mass is 19.4. The highest BCUT2D eigenvalue weighted by Crippen LogP contribution is 2.26. The zero-order chi connectivity index (χ0) is 22.4. The van der Waals surface area contributed by atoms with Gasteiger partial charge in [-0.1, -0.05) is 55.4 Å². The van der Waals surface area contributed by atoms with Crippen molar-refractivity contribution in [1.82, 2.24) is 10.1 Å². The number of ether oxygens (including phenoxy) is 1. The first-order chi connectivity index (χ1) is 14.7. The third-order valence-electron chi connectivity index (χ3n) is 4.42. The van der Waals surface area contributed by atoms with Gasteiger partial charge in [0.2, 0.25) is 17.6 Å². The molecule has 0 bridgehead atoms. The van der Waals surface area contributed by atoms with Gasteiger partial charge < -0.3 is 14.6 Å². The van der Waals surface area contributed by atoms with Gasteiger partial charge in [-0.3, -0.25) is 4.79 Å². The number of nitrogens with one attached hydrogen (secondary N) is 1. The molecule has 0 atom stereocenters. The van der Waals surface area contributed by atoms with Crippen LogP contribution in [0.25, 0.3) is 11.4 Å². The molecule has 0 radical (unpaired) electrons. The minimum atomic E-state index is -4.47. The molecule has 0 aliphatic heterocycles. The summed E-state index contributed by atoms with van der Waals surface area (Å²) >= 11 is 0. The van der Waals surface area contributed by atoms with E-state index in [1.807, 2.05) is 24.3 Å². The van der Waals surface area contributed by atoms with Gasteiger partial charge in [-0.05, 0) is 23.6 Å². The maximum atomic E-state index is 12.4. The second-order valence-corrected chi connectivity index (χ2v) is 7.24. The van der Waals surface area contributed by atoms with Gasteiger partial charge in [-0.2, -0.15) is 18.2 Å². The van der Waals surface area contributed by atoms with Crippen LogP contribution in [0.5, 0.6) is 5.75 Å². The molecule has 1 aromatic heterocycles. The number of hydrogen-bond donors (Lipinski definition) is 1. The summed E-state index contributed by atoms with van der Waals surface area (Å²) in [7, 11) is 0. The Morgan fingerprint density at radius 3 is 2.52 bits per heavy atom. The Bertz CT molecular complexity index is 1010. The van der Waals surface area contributed by atoms with Gasteiger partial charge in [0.25, 0.3) is 0 Å². The molecule has 3 aromatic rings. The van der Waals surface area contributed by atoms with Crippen LogP contribution in [-0.4, -0.2) is 28.8 Å². The molecule has 0 fully saturated rings. The van der Waals surface area contributed by atoms with Gasteiger partial charge in [0.15, 0.2) is 6.61 Å². The lowest BCUT2D eigenvalue weighted by molar-refractivity contribution is -0.153. The van der Waals surface area contributed by atoms with Crippen molar-refractivity contribution >= 4 is 11.6 Å². The van der Waals surface area contributed by atoms with Gasteiger partial charge in [-0.15, -0.1) is 0 Å². The van der Waals surface area contributed by atoms with Crippen LogP contribution in [0.3, 0.4) is 0 Å². The number of anilines is 1. The first-order valence-corrected chi connectivity index (χ1v) is 9.72. The second kappa shape index (κ2) is 9.63. The largest absolute Gasteiger partial charge is 0.482 e. The molecular formula is C22H22F3N3O3. The van der Waals surface area contributed by atoms with Crippen molar-refractivity contribution in [2.24, 2.45) is 0 Å². The minimum Gasteiger partial charge on any atom is -0.482 e. The molecule has 164 valence electrons. The van der Waals surface area contributed by atoms with Crippen LogP contribution in [0.1, 0.15) is 37.6 Å². The number of carbonyl (C=O) groups is 1. The topological polar surface area (TPSA) is 77.2 Å². The van der Waals surface area contributed by atoms with E-state index in [2.05, 4.69) is 29.3 Å². The van der Waals surface area contributed by atoms with E-state index < -0.39 is 18.7 Å². The lowest BCUT2D eigenvalue weighted by Gasteiger charge is -2.13. The number of aryl methyl sites for hydroxylation is 1. The summed E-state index contributed by atoms with van der Waals surface area (Å²) in [5.41, 5.74) is 2.16. The molecule has 1 heterocycles. The van der Waals surface area contributed by atoms with Gasteiger partial charge in [0.05, 0.1) is 5.69 Å². The Hall–Kier alpha value is -3.36. The van der Waals surface area contributed by atoms with E-state index in [-0.39, 0.29) is 24.3 Å². The fourth-order valence-electron chi connectivity index (χ4n) is 2.78. The highest BCUT2D eigenvalue weighted by Gasteiger charge is 2.28. The Labute approximate surface area is 177 Å². The van der Waals surface area contributed by atoms with E-state index in [4.69, 9.17) is 9.26 Å². The third-order valence-corrected chi connectivity index (χ3v) is 4.42. The summed E-state index contributed by atoms with van der Waals surface area (Å²) < 4.78 is 47.1. The fourth-order valence-corrected chi connectivity index (χ4v) is 2.78. The van der Waals surface area contributed by atoms with E-state index >= 15 is 0 Å². The molecule has 1 N–H and O–H groups in total. The molecule has 0 spiro atoms. The number of rotatable bonds is 8. The number of aromatic nitrogens is 2. The predicted molar refractivity (Wildman–Crippen MR) is 109 cm³/mol. The summed E-state index contributed by atoms with van der Waals surface area (Å²) in [5, 5.41) is 6.49.